The zero-order valence-corrected chi connectivity index (χ0v) is 13.5. The minimum Gasteiger partial charge on any atom is -0.350 e. The van der Waals surface area contributed by atoms with Crippen molar-refractivity contribution in [2.24, 2.45) is 7.05 Å². The first-order valence-corrected chi connectivity index (χ1v) is 7.70. The second-order valence-corrected chi connectivity index (χ2v) is 5.61. The standard InChI is InChI=1S/C17H15N7O/c1-23-8-12(13-4-2-3-5-14(13)23)6-17(25)22-15-7-16(20-10-19-15)24-11-18-9-21-24/h2-5,7-11H,6H2,1H3,(H,19,20,22,25). The molecule has 0 spiro atoms. The van der Waals surface area contributed by atoms with Crippen molar-refractivity contribution >= 4 is 22.6 Å². The van der Waals surface area contributed by atoms with E-state index in [0.29, 0.717) is 11.6 Å². The highest BCUT2D eigenvalue weighted by Crippen LogP contribution is 2.21. The van der Waals surface area contributed by atoms with Crippen molar-refractivity contribution in [2.45, 2.75) is 6.42 Å². The fourth-order valence-corrected chi connectivity index (χ4v) is 2.79. The second-order valence-electron chi connectivity index (χ2n) is 5.61. The summed E-state index contributed by atoms with van der Waals surface area (Å²) in [5.74, 6) is 0.818. The number of benzene rings is 1. The molecular formula is C17H15N7O. The predicted molar refractivity (Wildman–Crippen MR) is 92.2 cm³/mol. The zero-order valence-electron chi connectivity index (χ0n) is 13.5. The van der Waals surface area contributed by atoms with Gasteiger partial charge in [0.2, 0.25) is 5.91 Å². The van der Waals surface area contributed by atoms with Crippen molar-refractivity contribution in [3.8, 4) is 5.82 Å². The van der Waals surface area contributed by atoms with Crippen LogP contribution in [0.5, 0.6) is 0 Å². The van der Waals surface area contributed by atoms with E-state index >= 15 is 0 Å². The van der Waals surface area contributed by atoms with Gasteiger partial charge in [0.15, 0.2) is 5.82 Å². The molecule has 8 nitrogen and oxygen atoms in total. The van der Waals surface area contributed by atoms with E-state index in [0.717, 1.165) is 16.5 Å². The summed E-state index contributed by atoms with van der Waals surface area (Å²) in [6.07, 6.45) is 6.57. The number of anilines is 1. The number of nitrogens with zero attached hydrogens (tertiary/aromatic N) is 6. The van der Waals surface area contributed by atoms with Crippen LogP contribution < -0.4 is 5.32 Å². The largest absolute Gasteiger partial charge is 0.350 e. The molecule has 0 atom stereocenters. The molecule has 8 heteroatoms. The number of aryl methyl sites for hydroxylation is 1. The summed E-state index contributed by atoms with van der Waals surface area (Å²) in [5.41, 5.74) is 2.07. The minimum atomic E-state index is -0.139. The maximum atomic E-state index is 12.4. The fourth-order valence-electron chi connectivity index (χ4n) is 2.79. The highest BCUT2D eigenvalue weighted by molar-refractivity contribution is 5.95. The topological polar surface area (TPSA) is 90.5 Å². The van der Waals surface area contributed by atoms with Crippen LogP contribution >= 0.6 is 0 Å². The van der Waals surface area contributed by atoms with E-state index in [1.54, 1.807) is 6.07 Å². The summed E-state index contributed by atoms with van der Waals surface area (Å²) in [5, 5.41) is 7.89. The van der Waals surface area contributed by atoms with E-state index < -0.39 is 0 Å². The van der Waals surface area contributed by atoms with E-state index in [1.807, 2.05) is 42.1 Å². The molecule has 1 N–H and O–H groups in total. The number of hydrogen-bond donors (Lipinski definition) is 1. The fraction of sp³-hybridized carbons (Fsp3) is 0.118. The monoisotopic (exact) mass is 333 g/mol. The van der Waals surface area contributed by atoms with Crippen LogP contribution in [0.3, 0.4) is 0 Å². The van der Waals surface area contributed by atoms with Crippen molar-refractivity contribution in [3.05, 3.63) is 61.1 Å². The number of hydrogen-bond acceptors (Lipinski definition) is 5. The average Bonchev–Trinajstić information content (AvgIpc) is 3.25. The van der Waals surface area contributed by atoms with Crippen molar-refractivity contribution in [3.63, 3.8) is 0 Å². The van der Waals surface area contributed by atoms with E-state index in [2.05, 4.69) is 25.4 Å². The van der Waals surface area contributed by atoms with Gasteiger partial charge in [-0.1, -0.05) is 18.2 Å². The summed E-state index contributed by atoms with van der Waals surface area (Å²) in [6, 6.07) is 9.66. The number of para-hydroxylation sites is 1. The van der Waals surface area contributed by atoms with E-state index in [9.17, 15) is 4.79 Å². The Morgan fingerprint density at radius 3 is 2.92 bits per heavy atom. The van der Waals surface area contributed by atoms with Gasteiger partial charge in [0.1, 0.15) is 24.8 Å². The van der Waals surface area contributed by atoms with Gasteiger partial charge in [-0.25, -0.2) is 19.6 Å². The Morgan fingerprint density at radius 2 is 2.08 bits per heavy atom. The molecule has 3 heterocycles. The summed E-state index contributed by atoms with van der Waals surface area (Å²) in [4.78, 5) is 24.5. The highest BCUT2D eigenvalue weighted by atomic mass is 16.1. The van der Waals surface area contributed by atoms with Crippen LogP contribution in [0, 0.1) is 0 Å². The average molecular weight is 333 g/mol. The van der Waals surface area contributed by atoms with Crippen LogP contribution in [0.1, 0.15) is 5.56 Å². The van der Waals surface area contributed by atoms with Gasteiger partial charge in [-0.3, -0.25) is 4.79 Å². The van der Waals surface area contributed by atoms with Gasteiger partial charge < -0.3 is 9.88 Å². The third-order valence-electron chi connectivity index (χ3n) is 3.90. The highest BCUT2D eigenvalue weighted by Gasteiger charge is 2.11. The second kappa shape index (κ2) is 6.16. The van der Waals surface area contributed by atoms with Crippen LogP contribution in [0.15, 0.2) is 55.5 Å². The van der Waals surface area contributed by atoms with E-state index in [4.69, 9.17) is 0 Å². The Balaban J connectivity index is 1.53. The van der Waals surface area contributed by atoms with Gasteiger partial charge in [0.05, 0.1) is 6.42 Å². The molecule has 25 heavy (non-hydrogen) atoms. The number of rotatable bonds is 4. The van der Waals surface area contributed by atoms with Crippen LogP contribution in [-0.4, -0.2) is 35.2 Å². The summed E-state index contributed by atoms with van der Waals surface area (Å²) < 4.78 is 3.52. The summed E-state index contributed by atoms with van der Waals surface area (Å²) in [7, 11) is 1.97. The maximum Gasteiger partial charge on any atom is 0.230 e. The lowest BCUT2D eigenvalue weighted by atomic mass is 10.1. The Morgan fingerprint density at radius 1 is 1.20 bits per heavy atom. The van der Waals surface area contributed by atoms with Crippen molar-refractivity contribution in [2.75, 3.05) is 5.32 Å². The molecule has 0 fully saturated rings. The predicted octanol–water partition coefficient (Wildman–Crippen LogP) is 1.73. The van der Waals surface area contributed by atoms with Gasteiger partial charge in [0, 0.05) is 30.2 Å². The molecule has 0 aliphatic heterocycles. The van der Waals surface area contributed by atoms with Crippen LogP contribution in [-0.2, 0) is 18.3 Å². The van der Waals surface area contributed by atoms with Gasteiger partial charge in [-0.2, -0.15) is 5.10 Å². The molecule has 124 valence electrons. The summed E-state index contributed by atoms with van der Waals surface area (Å²) >= 11 is 0. The Labute approximate surface area is 143 Å². The quantitative estimate of drug-likeness (QED) is 0.614. The Bertz CT molecular complexity index is 1040. The number of carbonyl (C=O) groups excluding carboxylic acids is 1. The first kappa shape index (κ1) is 15.0. The summed E-state index contributed by atoms with van der Waals surface area (Å²) in [6.45, 7) is 0. The first-order chi connectivity index (χ1) is 12.2. The zero-order chi connectivity index (χ0) is 17.2. The molecule has 4 aromatic rings. The lowest BCUT2D eigenvalue weighted by molar-refractivity contribution is -0.115. The van der Waals surface area contributed by atoms with Gasteiger partial charge in [-0.05, 0) is 11.6 Å². The molecule has 0 unspecified atom stereocenters. The number of carbonyl (C=O) groups is 1. The third kappa shape index (κ3) is 2.97. The van der Waals surface area contributed by atoms with E-state index in [1.165, 1.54) is 23.7 Å². The normalized spacial score (nSPS) is 10.9. The molecule has 0 saturated carbocycles. The third-order valence-corrected chi connectivity index (χ3v) is 3.90. The lowest BCUT2D eigenvalue weighted by Gasteiger charge is -2.05. The molecule has 0 aliphatic carbocycles. The number of fused-ring (bicyclic) bond motifs is 1. The molecule has 0 bridgehead atoms. The van der Waals surface area contributed by atoms with Crippen LogP contribution in [0.25, 0.3) is 16.7 Å². The van der Waals surface area contributed by atoms with Crippen molar-refractivity contribution in [1.29, 1.82) is 0 Å². The number of aromatic nitrogens is 6. The van der Waals surface area contributed by atoms with Gasteiger partial charge in [0.25, 0.3) is 0 Å². The molecule has 3 aromatic heterocycles. The minimum absolute atomic E-state index is 0.139. The maximum absolute atomic E-state index is 12.4. The molecule has 4 rings (SSSR count). The molecular weight excluding hydrogens is 318 g/mol. The Hall–Kier alpha value is -3.55. The lowest BCUT2D eigenvalue weighted by Crippen LogP contribution is -2.15. The molecule has 1 amide bonds. The Kier molecular flexibility index (Phi) is 3.70. The van der Waals surface area contributed by atoms with Crippen molar-refractivity contribution < 1.29 is 4.79 Å². The smallest absolute Gasteiger partial charge is 0.230 e. The first-order valence-electron chi connectivity index (χ1n) is 7.70. The number of amides is 1. The molecule has 0 aliphatic rings. The van der Waals surface area contributed by atoms with Gasteiger partial charge in [-0.15, -0.1) is 0 Å². The van der Waals surface area contributed by atoms with Crippen LogP contribution in [0.4, 0.5) is 5.82 Å². The molecule has 1 aromatic carbocycles. The molecule has 0 saturated heterocycles. The SMILES string of the molecule is Cn1cc(CC(=O)Nc2cc(-n3cncn3)ncn2)c2ccccc21. The van der Waals surface area contributed by atoms with Gasteiger partial charge >= 0.3 is 0 Å². The number of nitrogens with one attached hydrogen (secondary N) is 1. The van der Waals surface area contributed by atoms with Crippen LogP contribution in [0.2, 0.25) is 0 Å². The van der Waals surface area contributed by atoms with Crippen molar-refractivity contribution in [1.82, 2.24) is 29.3 Å². The van der Waals surface area contributed by atoms with E-state index in [-0.39, 0.29) is 12.3 Å². The molecule has 0 radical (unpaired) electrons.